The van der Waals surface area contributed by atoms with Crippen molar-refractivity contribution in [3.63, 3.8) is 0 Å². The van der Waals surface area contributed by atoms with Gasteiger partial charge in [-0.3, -0.25) is 0 Å². The Morgan fingerprint density at radius 2 is 1.42 bits per heavy atom. The first-order valence-corrected chi connectivity index (χ1v) is 8.31. The van der Waals surface area contributed by atoms with Crippen LogP contribution in [0.2, 0.25) is 0 Å². The topological polar surface area (TPSA) is 0 Å². The summed E-state index contributed by atoms with van der Waals surface area (Å²) >= 11 is 5.41. The zero-order chi connectivity index (χ0) is 15.1. The second kappa shape index (κ2) is 15.4. The van der Waals surface area contributed by atoms with Gasteiger partial charge in [-0.2, -0.15) is 0 Å². The monoisotopic (exact) mass is 280 g/mol. The summed E-state index contributed by atoms with van der Waals surface area (Å²) in [5.41, 5.74) is 2.62. The Balaban J connectivity index is 0. The highest BCUT2D eigenvalue weighted by Crippen LogP contribution is 2.11. The van der Waals surface area contributed by atoms with E-state index >= 15 is 0 Å². The molecule has 0 heterocycles. The van der Waals surface area contributed by atoms with Crippen molar-refractivity contribution >= 4 is 17.1 Å². The van der Waals surface area contributed by atoms with Gasteiger partial charge in [0.1, 0.15) is 0 Å². The fourth-order valence-corrected chi connectivity index (χ4v) is 1.89. The first kappa shape index (κ1) is 20.6. The van der Waals surface area contributed by atoms with Gasteiger partial charge in [0.25, 0.3) is 0 Å². The predicted molar refractivity (Wildman–Crippen MR) is 94.4 cm³/mol. The summed E-state index contributed by atoms with van der Waals surface area (Å²) in [5, 5.41) is 0. The standard InChI is InChI=1S/C14H20S.2C2H6/c1-3-5-6-7-14(15)13-10-8-12(4-2)9-11-13;2*1-2/h8-11H,3-7H2,1-2H3;2*1-2H3. The van der Waals surface area contributed by atoms with Gasteiger partial charge in [-0.25, -0.2) is 0 Å². The largest absolute Gasteiger partial charge is 0.0843 e. The second-order valence-electron chi connectivity index (χ2n) is 3.93. The lowest BCUT2D eigenvalue weighted by Gasteiger charge is -2.04. The highest BCUT2D eigenvalue weighted by Gasteiger charge is 2.00. The summed E-state index contributed by atoms with van der Waals surface area (Å²) in [6, 6.07) is 8.68. The van der Waals surface area contributed by atoms with E-state index in [1.165, 1.54) is 30.4 Å². The number of unbranched alkanes of at least 4 members (excludes halogenated alkanes) is 2. The maximum absolute atomic E-state index is 5.41. The second-order valence-corrected chi connectivity index (χ2v) is 4.42. The zero-order valence-corrected chi connectivity index (χ0v) is 14.6. The lowest BCUT2D eigenvalue weighted by Crippen LogP contribution is -1.97. The number of benzene rings is 1. The van der Waals surface area contributed by atoms with Crippen molar-refractivity contribution in [3.05, 3.63) is 35.4 Å². The molecule has 0 unspecified atom stereocenters. The Morgan fingerprint density at radius 1 is 0.895 bits per heavy atom. The SMILES string of the molecule is CC.CC.CCCCCC(=S)c1ccc(CC)cc1. The van der Waals surface area contributed by atoms with Crippen molar-refractivity contribution in [3.8, 4) is 0 Å². The van der Waals surface area contributed by atoms with Gasteiger partial charge in [-0.15, -0.1) is 0 Å². The molecule has 0 bridgehead atoms. The smallest absolute Gasteiger partial charge is 0.0224 e. The highest BCUT2D eigenvalue weighted by molar-refractivity contribution is 7.80. The van der Waals surface area contributed by atoms with Gasteiger partial charge in [0.2, 0.25) is 0 Å². The minimum absolute atomic E-state index is 1.06. The normalized spacial score (nSPS) is 8.74. The molecule has 1 heteroatoms. The molecular formula is C18H32S. The molecule has 1 aromatic rings. The van der Waals surface area contributed by atoms with E-state index in [9.17, 15) is 0 Å². The fourth-order valence-electron chi connectivity index (χ4n) is 1.61. The van der Waals surface area contributed by atoms with Gasteiger partial charge in [0.05, 0.1) is 0 Å². The number of hydrogen-bond donors (Lipinski definition) is 0. The Bertz CT molecular complexity index is 298. The lowest BCUT2D eigenvalue weighted by atomic mass is 10.0. The van der Waals surface area contributed by atoms with Crippen molar-refractivity contribution in [2.24, 2.45) is 0 Å². The van der Waals surface area contributed by atoms with E-state index in [4.69, 9.17) is 12.2 Å². The molecule has 0 N–H and O–H groups in total. The Morgan fingerprint density at radius 3 is 1.84 bits per heavy atom. The average molecular weight is 281 g/mol. The molecule has 0 aliphatic rings. The number of thiocarbonyl (C=S) groups is 1. The molecule has 19 heavy (non-hydrogen) atoms. The summed E-state index contributed by atoms with van der Waals surface area (Å²) in [5.74, 6) is 0. The van der Waals surface area contributed by atoms with Crippen molar-refractivity contribution in [1.29, 1.82) is 0 Å². The summed E-state index contributed by atoms with van der Waals surface area (Å²) in [7, 11) is 0. The van der Waals surface area contributed by atoms with Crippen LogP contribution in [0.3, 0.4) is 0 Å². The molecule has 0 fully saturated rings. The van der Waals surface area contributed by atoms with Gasteiger partial charge in [-0.05, 0) is 30.4 Å². The minimum atomic E-state index is 1.06. The molecule has 0 aliphatic carbocycles. The number of hydrogen-bond acceptors (Lipinski definition) is 1. The maximum Gasteiger partial charge on any atom is 0.0224 e. The molecule has 0 nitrogen and oxygen atoms in total. The molecule has 0 atom stereocenters. The van der Waals surface area contributed by atoms with Crippen molar-refractivity contribution < 1.29 is 0 Å². The molecule has 110 valence electrons. The van der Waals surface area contributed by atoms with Crippen molar-refractivity contribution in [2.45, 2.75) is 73.6 Å². The van der Waals surface area contributed by atoms with Crippen LogP contribution in [0, 0.1) is 0 Å². The maximum atomic E-state index is 5.41. The van der Waals surface area contributed by atoms with Gasteiger partial charge in [-0.1, -0.05) is 90.9 Å². The minimum Gasteiger partial charge on any atom is -0.0843 e. The fraction of sp³-hybridized carbons (Fsp3) is 0.611. The molecular weight excluding hydrogens is 248 g/mol. The molecule has 1 aromatic carbocycles. The lowest BCUT2D eigenvalue weighted by molar-refractivity contribution is 0.745. The van der Waals surface area contributed by atoms with Crippen molar-refractivity contribution in [2.75, 3.05) is 0 Å². The quantitative estimate of drug-likeness (QED) is 0.321. The third-order valence-corrected chi connectivity index (χ3v) is 3.13. The molecule has 0 radical (unpaired) electrons. The third-order valence-electron chi connectivity index (χ3n) is 2.69. The van der Waals surface area contributed by atoms with Gasteiger partial charge in [0, 0.05) is 4.86 Å². The average Bonchev–Trinajstić information content (AvgIpc) is 2.51. The van der Waals surface area contributed by atoms with Crippen LogP contribution < -0.4 is 0 Å². The van der Waals surface area contributed by atoms with Crippen LogP contribution in [0.25, 0.3) is 0 Å². The van der Waals surface area contributed by atoms with E-state index < -0.39 is 0 Å². The van der Waals surface area contributed by atoms with Crippen LogP contribution in [-0.2, 0) is 6.42 Å². The summed E-state index contributed by atoms with van der Waals surface area (Å²) < 4.78 is 0. The zero-order valence-electron chi connectivity index (χ0n) is 13.8. The van der Waals surface area contributed by atoms with E-state index in [1.54, 1.807) is 0 Å². The highest BCUT2D eigenvalue weighted by atomic mass is 32.1. The van der Waals surface area contributed by atoms with E-state index in [1.807, 2.05) is 27.7 Å². The molecule has 0 saturated heterocycles. The van der Waals surface area contributed by atoms with Crippen LogP contribution in [0.15, 0.2) is 24.3 Å². The van der Waals surface area contributed by atoms with Crippen molar-refractivity contribution in [1.82, 2.24) is 0 Å². The molecule has 0 saturated carbocycles. The van der Waals surface area contributed by atoms with E-state index in [-0.39, 0.29) is 0 Å². The molecule has 0 aromatic heterocycles. The Labute approximate surface area is 126 Å². The van der Waals surface area contributed by atoms with Crippen LogP contribution in [0.4, 0.5) is 0 Å². The van der Waals surface area contributed by atoms with Gasteiger partial charge < -0.3 is 0 Å². The van der Waals surface area contributed by atoms with Gasteiger partial charge >= 0.3 is 0 Å². The molecule has 0 aliphatic heterocycles. The van der Waals surface area contributed by atoms with Crippen LogP contribution in [0.5, 0.6) is 0 Å². The van der Waals surface area contributed by atoms with E-state index in [2.05, 4.69) is 38.1 Å². The summed E-state index contributed by atoms with van der Waals surface area (Å²) in [6.07, 6.45) is 5.94. The Hall–Kier alpha value is -0.690. The molecule has 0 amide bonds. The number of rotatable bonds is 6. The third kappa shape index (κ3) is 9.84. The number of aryl methyl sites for hydroxylation is 1. The Kier molecular flexibility index (Phi) is 16.7. The van der Waals surface area contributed by atoms with Crippen LogP contribution >= 0.6 is 12.2 Å². The van der Waals surface area contributed by atoms with E-state index in [0.717, 1.165) is 17.7 Å². The van der Waals surface area contributed by atoms with Crippen LogP contribution in [0.1, 0.15) is 78.4 Å². The summed E-state index contributed by atoms with van der Waals surface area (Å²) in [4.78, 5) is 1.12. The predicted octanol–water partition coefficient (Wildman–Crippen LogP) is 6.60. The summed E-state index contributed by atoms with van der Waals surface area (Å²) in [6.45, 7) is 12.4. The molecule has 0 spiro atoms. The molecule has 1 rings (SSSR count). The van der Waals surface area contributed by atoms with E-state index in [0.29, 0.717) is 0 Å². The van der Waals surface area contributed by atoms with Crippen LogP contribution in [-0.4, -0.2) is 4.86 Å². The first-order chi connectivity index (χ1) is 9.27. The van der Waals surface area contributed by atoms with Gasteiger partial charge in [0.15, 0.2) is 0 Å². The first-order valence-electron chi connectivity index (χ1n) is 7.90.